The summed E-state index contributed by atoms with van der Waals surface area (Å²) in [6.07, 6.45) is -0.751. The van der Waals surface area contributed by atoms with Crippen LogP contribution in [0.2, 0.25) is 0 Å². The van der Waals surface area contributed by atoms with E-state index < -0.39 is 18.1 Å². The minimum atomic E-state index is -1.08. The van der Waals surface area contributed by atoms with Crippen LogP contribution in [0.5, 0.6) is 0 Å². The number of rotatable bonds is 8. The molecule has 0 unspecified atom stereocenters. The molecule has 1 amide bonds. The number of aromatic nitrogens is 1. The summed E-state index contributed by atoms with van der Waals surface area (Å²) >= 11 is 1.49. The van der Waals surface area contributed by atoms with Crippen LogP contribution in [0.25, 0.3) is 0 Å². The molecule has 0 aliphatic heterocycles. The molecule has 124 valence electrons. The number of ether oxygens (including phenoxy) is 1. The molecule has 0 aliphatic carbocycles. The van der Waals surface area contributed by atoms with Gasteiger partial charge in [-0.05, 0) is 19.8 Å². The molecule has 1 atom stereocenters. The Kier molecular flexibility index (Phi) is 7.10. The number of carboxylic acid groups (broad SMARTS) is 1. The highest BCUT2D eigenvalue weighted by Crippen LogP contribution is 2.20. The first-order chi connectivity index (χ1) is 10.4. The summed E-state index contributed by atoms with van der Waals surface area (Å²) in [5, 5.41) is 14.1. The third-order valence-electron chi connectivity index (χ3n) is 3.13. The van der Waals surface area contributed by atoms with Gasteiger partial charge in [-0.1, -0.05) is 13.8 Å². The summed E-state index contributed by atoms with van der Waals surface area (Å²) in [5.41, 5.74) is 0.651. The van der Waals surface area contributed by atoms with Crippen molar-refractivity contribution in [2.45, 2.75) is 40.3 Å². The highest BCUT2D eigenvalue weighted by Gasteiger charge is 2.24. The summed E-state index contributed by atoms with van der Waals surface area (Å²) in [6.45, 7) is 9.28. The third-order valence-corrected chi connectivity index (χ3v) is 4.08. The number of aliphatic carboxylic acids is 1. The lowest BCUT2D eigenvalue weighted by molar-refractivity contribution is -0.140. The zero-order chi connectivity index (χ0) is 16.7. The van der Waals surface area contributed by atoms with Crippen LogP contribution in [0.4, 0.5) is 9.93 Å². The Morgan fingerprint density at radius 1 is 1.41 bits per heavy atom. The van der Waals surface area contributed by atoms with Gasteiger partial charge >= 0.3 is 12.1 Å². The van der Waals surface area contributed by atoms with E-state index in [1.807, 2.05) is 19.2 Å². The van der Waals surface area contributed by atoms with E-state index in [4.69, 9.17) is 9.84 Å². The van der Waals surface area contributed by atoms with Gasteiger partial charge in [-0.2, -0.15) is 0 Å². The fourth-order valence-corrected chi connectivity index (χ4v) is 2.76. The molecular formula is C14H23N3O4S. The number of alkyl carbamates (subject to hydrolysis) is 1. The van der Waals surface area contributed by atoms with Crippen molar-refractivity contribution in [1.29, 1.82) is 0 Å². The average Bonchev–Trinajstić information content (AvgIpc) is 2.92. The van der Waals surface area contributed by atoms with Crippen LogP contribution < -0.4 is 10.2 Å². The van der Waals surface area contributed by atoms with E-state index >= 15 is 0 Å². The van der Waals surface area contributed by atoms with Gasteiger partial charge in [0.15, 0.2) is 5.13 Å². The predicted molar refractivity (Wildman–Crippen MR) is 85.3 cm³/mol. The Morgan fingerprint density at radius 2 is 2.05 bits per heavy atom. The second-order valence-corrected chi connectivity index (χ2v) is 5.91. The lowest BCUT2D eigenvalue weighted by Gasteiger charge is -2.17. The quantitative estimate of drug-likeness (QED) is 0.760. The average molecular weight is 329 g/mol. The van der Waals surface area contributed by atoms with Gasteiger partial charge in [0.1, 0.15) is 12.6 Å². The molecular weight excluding hydrogens is 306 g/mol. The molecule has 1 aromatic heterocycles. The van der Waals surface area contributed by atoms with Crippen molar-refractivity contribution in [2.75, 3.05) is 18.0 Å². The first kappa shape index (κ1) is 18.2. The summed E-state index contributed by atoms with van der Waals surface area (Å²) in [7, 11) is 0. The van der Waals surface area contributed by atoms with Gasteiger partial charge in [-0.25, -0.2) is 14.6 Å². The topological polar surface area (TPSA) is 91.8 Å². The molecule has 0 radical (unpaired) electrons. The first-order valence-electron chi connectivity index (χ1n) is 7.24. The second kappa shape index (κ2) is 8.57. The molecule has 0 aromatic carbocycles. The SMILES string of the molecule is CCN(CC)c1nc(COC(=O)N[C@H](C(=O)O)C(C)C)cs1. The molecule has 0 saturated heterocycles. The van der Waals surface area contributed by atoms with Crippen LogP contribution in [0.15, 0.2) is 5.38 Å². The number of carbonyl (C=O) groups excluding carboxylic acids is 1. The van der Waals surface area contributed by atoms with Crippen molar-refractivity contribution in [3.05, 3.63) is 11.1 Å². The van der Waals surface area contributed by atoms with Crippen LogP contribution >= 0.6 is 11.3 Å². The Morgan fingerprint density at radius 3 is 2.55 bits per heavy atom. The van der Waals surface area contributed by atoms with Gasteiger partial charge < -0.3 is 20.1 Å². The van der Waals surface area contributed by atoms with E-state index in [-0.39, 0.29) is 12.5 Å². The van der Waals surface area contributed by atoms with Crippen LogP contribution in [0.3, 0.4) is 0 Å². The Labute approximate surface area is 134 Å². The molecule has 22 heavy (non-hydrogen) atoms. The van der Waals surface area contributed by atoms with E-state index in [1.54, 1.807) is 13.8 Å². The van der Waals surface area contributed by atoms with Gasteiger partial charge in [0.2, 0.25) is 0 Å². The van der Waals surface area contributed by atoms with Crippen LogP contribution in [-0.4, -0.2) is 41.3 Å². The van der Waals surface area contributed by atoms with Crippen molar-refractivity contribution < 1.29 is 19.4 Å². The maximum atomic E-state index is 11.7. The molecule has 1 heterocycles. The van der Waals surface area contributed by atoms with Crippen LogP contribution in [0.1, 0.15) is 33.4 Å². The van der Waals surface area contributed by atoms with Gasteiger partial charge in [0.25, 0.3) is 0 Å². The van der Waals surface area contributed by atoms with E-state index in [2.05, 4.69) is 15.2 Å². The number of hydrogen-bond donors (Lipinski definition) is 2. The molecule has 0 fully saturated rings. The van der Waals surface area contributed by atoms with E-state index in [9.17, 15) is 9.59 Å². The Balaban J connectivity index is 2.52. The van der Waals surface area contributed by atoms with Crippen LogP contribution in [0, 0.1) is 5.92 Å². The zero-order valence-electron chi connectivity index (χ0n) is 13.3. The van der Waals surface area contributed by atoms with Gasteiger partial charge in [-0.3, -0.25) is 0 Å². The number of carboxylic acids is 1. The van der Waals surface area contributed by atoms with E-state index in [0.717, 1.165) is 18.2 Å². The third kappa shape index (κ3) is 5.18. The fraction of sp³-hybridized carbons (Fsp3) is 0.643. The highest BCUT2D eigenvalue weighted by molar-refractivity contribution is 7.13. The summed E-state index contributed by atoms with van der Waals surface area (Å²) in [4.78, 5) is 29.2. The number of nitrogens with one attached hydrogen (secondary N) is 1. The summed E-state index contributed by atoms with van der Waals surface area (Å²) in [5.74, 6) is -1.30. The maximum Gasteiger partial charge on any atom is 0.408 e. The number of nitrogens with zero attached hydrogens (tertiary/aromatic N) is 2. The molecule has 7 nitrogen and oxygen atoms in total. The molecule has 8 heteroatoms. The van der Waals surface area contributed by atoms with Gasteiger partial charge in [-0.15, -0.1) is 11.3 Å². The molecule has 1 aromatic rings. The van der Waals surface area contributed by atoms with Crippen molar-refractivity contribution in [2.24, 2.45) is 5.92 Å². The van der Waals surface area contributed by atoms with E-state index in [1.165, 1.54) is 11.3 Å². The first-order valence-corrected chi connectivity index (χ1v) is 8.12. The Bertz CT molecular complexity index is 500. The molecule has 0 saturated carbocycles. The molecule has 1 rings (SSSR count). The number of hydrogen-bond acceptors (Lipinski definition) is 6. The minimum absolute atomic E-state index is 0.0219. The number of anilines is 1. The maximum absolute atomic E-state index is 11.7. The molecule has 2 N–H and O–H groups in total. The molecule has 0 bridgehead atoms. The lowest BCUT2D eigenvalue weighted by atomic mass is 10.1. The summed E-state index contributed by atoms with van der Waals surface area (Å²) in [6, 6.07) is -0.964. The smallest absolute Gasteiger partial charge is 0.408 e. The standard InChI is InChI=1S/C14H23N3O4S/c1-5-17(6-2)13-15-10(8-22-13)7-21-14(20)16-11(9(3)4)12(18)19/h8-9,11H,5-7H2,1-4H3,(H,16,20)(H,18,19)/t11-/m0/s1. The van der Waals surface area contributed by atoms with Gasteiger partial charge in [0.05, 0.1) is 5.69 Å². The highest BCUT2D eigenvalue weighted by atomic mass is 32.1. The number of amides is 1. The Hall–Kier alpha value is -1.83. The zero-order valence-corrected chi connectivity index (χ0v) is 14.1. The van der Waals surface area contributed by atoms with Crippen molar-refractivity contribution >= 4 is 28.5 Å². The largest absolute Gasteiger partial charge is 0.480 e. The van der Waals surface area contributed by atoms with Crippen LogP contribution in [-0.2, 0) is 16.1 Å². The minimum Gasteiger partial charge on any atom is -0.480 e. The monoisotopic (exact) mass is 329 g/mol. The van der Waals surface area contributed by atoms with E-state index in [0.29, 0.717) is 5.69 Å². The van der Waals surface area contributed by atoms with Gasteiger partial charge in [0, 0.05) is 18.5 Å². The fourth-order valence-electron chi connectivity index (χ4n) is 1.82. The second-order valence-electron chi connectivity index (χ2n) is 5.07. The van der Waals surface area contributed by atoms with Crippen molar-refractivity contribution in [1.82, 2.24) is 10.3 Å². The lowest BCUT2D eigenvalue weighted by Crippen LogP contribution is -2.44. The van der Waals surface area contributed by atoms with Crippen molar-refractivity contribution in [3.63, 3.8) is 0 Å². The normalized spacial score (nSPS) is 12.0. The molecule has 0 aliphatic rings. The predicted octanol–water partition coefficient (Wildman–Crippen LogP) is 2.32. The number of thiazole rings is 1. The number of carbonyl (C=O) groups is 2. The van der Waals surface area contributed by atoms with Crippen molar-refractivity contribution in [3.8, 4) is 0 Å². The summed E-state index contributed by atoms with van der Waals surface area (Å²) < 4.78 is 5.03. The molecule has 0 spiro atoms.